The summed E-state index contributed by atoms with van der Waals surface area (Å²) < 4.78 is 5.43. The van der Waals surface area contributed by atoms with Crippen LogP contribution in [0.15, 0.2) is 46.5 Å². The molecular formula is C21H23N3O2S2. The summed E-state index contributed by atoms with van der Waals surface area (Å²) in [5.41, 5.74) is 4.38. The van der Waals surface area contributed by atoms with Gasteiger partial charge >= 0.3 is 0 Å². The molecule has 0 unspecified atom stereocenters. The zero-order chi connectivity index (χ0) is 19.2. The normalized spacial score (nSPS) is 14.9. The molecule has 1 saturated heterocycles. The molecule has 1 aliphatic rings. The van der Waals surface area contributed by atoms with E-state index in [2.05, 4.69) is 44.8 Å². The quantitative estimate of drug-likeness (QED) is 0.643. The topological polar surface area (TPSA) is 54.5 Å². The average molecular weight is 414 g/mol. The van der Waals surface area contributed by atoms with E-state index in [-0.39, 0.29) is 5.91 Å². The van der Waals surface area contributed by atoms with Gasteiger partial charge < -0.3 is 10.1 Å². The molecule has 5 nitrogen and oxygen atoms in total. The maximum atomic E-state index is 12.4. The van der Waals surface area contributed by atoms with Gasteiger partial charge in [0.25, 0.3) is 0 Å². The van der Waals surface area contributed by atoms with Gasteiger partial charge in [0.15, 0.2) is 0 Å². The van der Waals surface area contributed by atoms with Crippen molar-refractivity contribution in [2.75, 3.05) is 26.3 Å². The van der Waals surface area contributed by atoms with Crippen molar-refractivity contribution in [3.63, 3.8) is 0 Å². The van der Waals surface area contributed by atoms with Crippen LogP contribution in [-0.2, 0) is 29.0 Å². The zero-order valence-corrected chi connectivity index (χ0v) is 17.2. The van der Waals surface area contributed by atoms with Crippen LogP contribution in [-0.4, -0.2) is 42.1 Å². The highest BCUT2D eigenvalue weighted by Crippen LogP contribution is 2.25. The van der Waals surface area contributed by atoms with E-state index in [4.69, 9.17) is 4.74 Å². The minimum absolute atomic E-state index is 0.00310. The summed E-state index contributed by atoms with van der Waals surface area (Å²) in [6.45, 7) is 4.93. The minimum atomic E-state index is 0.00310. The van der Waals surface area contributed by atoms with Gasteiger partial charge in [0.05, 0.1) is 25.3 Å². The van der Waals surface area contributed by atoms with E-state index in [1.165, 1.54) is 11.1 Å². The number of thiazole rings is 1. The molecule has 146 valence electrons. The third kappa shape index (κ3) is 5.05. The second-order valence-corrected chi connectivity index (χ2v) is 8.40. The lowest BCUT2D eigenvalue weighted by Gasteiger charge is -2.27. The fourth-order valence-electron chi connectivity index (χ4n) is 3.21. The summed E-state index contributed by atoms with van der Waals surface area (Å²) in [4.78, 5) is 19.4. The highest BCUT2D eigenvalue weighted by molar-refractivity contribution is 7.14. The Morgan fingerprint density at radius 2 is 1.96 bits per heavy atom. The van der Waals surface area contributed by atoms with Gasteiger partial charge in [-0.3, -0.25) is 9.69 Å². The van der Waals surface area contributed by atoms with Gasteiger partial charge in [-0.2, -0.15) is 11.3 Å². The Hall–Kier alpha value is -2.06. The van der Waals surface area contributed by atoms with Crippen molar-refractivity contribution < 1.29 is 9.53 Å². The van der Waals surface area contributed by atoms with E-state index in [9.17, 15) is 4.79 Å². The molecule has 1 aliphatic heterocycles. The first-order valence-electron chi connectivity index (χ1n) is 9.38. The molecule has 28 heavy (non-hydrogen) atoms. The van der Waals surface area contributed by atoms with Crippen molar-refractivity contribution in [2.45, 2.75) is 19.5 Å². The van der Waals surface area contributed by atoms with Crippen LogP contribution in [0.2, 0.25) is 0 Å². The van der Waals surface area contributed by atoms with Crippen molar-refractivity contribution in [1.29, 1.82) is 0 Å². The lowest BCUT2D eigenvalue weighted by atomic mass is 10.1. The molecule has 0 atom stereocenters. The Morgan fingerprint density at radius 3 is 2.75 bits per heavy atom. The number of carbonyl (C=O) groups excluding carboxylic acids is 1. The molecule has 4 rings (SSSR count). The second kappa shape index (κ2) is 9.43. The van der Waals surface area contributed by atoms with E-state index in [0.717, 1.165) is 49.1 Å². The largest absolute Gasteiger partial charge is 0.379 e. The lowest BCUT2D eigenvalue weighted by Crippen LogP contribution is -2.36. The van der Waals surface area contributed by atoms with Crippen LogP contribution in [0.1, 0.15) is 16.8 Å². The van der Waals surface area contributed by atoms with Crippen molar-refractivity contribution in [2.24, 2.45) is 0 Å². The zero-order valence-electron chi connectivity index (χ0n) is 15.6. The summed E-state index contributed by atoms with van der Waals surface area (Å²) >= 11 is 3.24. The van der Waals surface area contributed by atoms with E-state index in [1.54, 1.807) is 22.7 Å². The first-order valence-corrected chi connectivity index (χ1v) is 11.2. The highest BCUT2D eigenvalue weighted by atomic mass is 32.1. The molecule has 7 heteroatoms. The van der Waals surface area contributed by atoms with Crippen LogP contribution in [0.25, 0.3) is 10.6 Å². The summed E-state index contributed by atoms with van der Waals surface area (Å²) in [5, 5.41) is 10.1. The standard InChI is InChI=1S/C21H23N3O2S2/c25-20(11-19-15-28-21(23-19)18-5-10-27-14-18)22-12-16-3-1-2-4-17(16)13-24-6-8-26-9-7-24/h1-5,10,14-15H,6-9,11-13H2,(H,22,25). The number of benzene rings is 1. The first kappa shape index (κ1) is 19.3. The van der Waals surface area contributed by atoms with Crippen LogP contribution in [0, 0.1) is 0 Å². The van der Waals surface area contributed by atoms with Crippen LogP contribution in [0.4, 0.5) is 0 Å². The number of morpholine rings is 1. The maximum Gasteiger partial charge on any atom is 0.226 e. The number of carbonyl (C=O) groups is 1. The number of aromatic nitrogens is 1. The van der Waals surface area contributed by atoms with Gasteiger partial charge in [0, 0.05) is 42.5 Å². The summed E-state index contributed by atoms with van der Waals surface area (Å²) in [6.07, 6.45) is 0.312. The molecule has 1 N–H and O–H groups in total. The van der Waals surface area contributed by atoms with E-state index in [0.29, 0.717) is 13.0 Å². The number of ether oxygens (including phenoxy) is 1. The number of thiophene rings is 1. The molecule has 3 heterocycles. The second-order valence-electron chi connectivity index (χ2n) is 6.77. The summed E-state index contributed by atoms with van der Waals surface area (Å²) in [6, 6.07) is 10.4. The monoisotopic (exact) mass is 413 g/mol. The molecule has 1 fully saturated rings. The maximum absolute atomic E-state index is 12.4. The molecule has 3 aromatic rings. The first-order chi connectivity index (χ1) is 13.8. The molecule has 2 aromatic heterocycles. The van der Waals surface area contributed by atoms with E-state index in [1.807, 2.05) is 16.8 Å². The van der Waals surface area contributed by atoms with Crippen LogP contribution < -0.4 is 5.32 Å². The molecule has 0 radical (unpaired) electrons. The number of hydrogen-bond donors (Lipinski definition) is 1. The molecule has 0 spiro atoms. The third-order valence-electron chi connectivity index (χ3n) is 4.75. The Kier molecular flexibility index (Phi) is 6.49. The van der Waals surface area contributed by atoms with Crippen molar-refractivity contribution in [1.82, 2.24) is 15.2 Å². The molecule has 0 bridgehead atoms. The fraction of sp³-hybridized carbons (Fsp3) is 0.333. The fourth-order valence-corrected chi connectivity index (χ4v) is 4.74. The van der Waals surface area contributed by atoms with Gasteiger partial charge in [-0.1, -0.05) is 24.3 Å². The molecule has 0 aliphatic carbocycles. The molecule has 1 amide bonds. The van der Waals surface area contributed by atoms with Crippen LogP contribution in [0.5, 0.6) is 0 Å². The Labute approximate surface area is 173 Å². The van der Waals surface area contributed by atoms with Gasteiger partial charge in [0.2, 0.25) is 5.91 Å². The summed E-state index contributed by atoms with van der Waals surface area (Å²) in [7, 11) is 0. The number of rotatable bonds is 7. The van der Waals surface area contributed by atoms with Gasteiger partial charge in [-0.25, -0.2) is 4.98 Å². The van der Waals surface area contributed by atoms with E-state index < -0.39 is 0 Å². The van der Waals surface area contributed by atoms with Crippen molar-refractivity contribution in [3.8, 4) is 10.6 Å². The van der Waals surface area contributed by atoms with Crippen LogP contribution >= 0.6 is 22.7 Å². The lowest BCUT2D eigenvalue weighted by molar-refractivity contribution is -0.120. The Bertz CT molecular complexity index is 902. The number of hydrogen-bond acceptors (Lipinski definition) is 6. The van der Waals surface area contributed by atoms with Gasteiger partial charge in [-0.15, -0.1) is 11.3 Å². The van der Waals surface area contributed by atoms with Crippen LogP contribution in [0.3, 0.4) is 0 Å². The molecular weight excluding hydrogens is 390 g/mol. The predicted octanol–water partition coefficient (Wildman–Crippen LogP) is 3.56. The molecule has 1 aromatic carbocycles. The predicted molar refractivity (Wildman–Crippen MR) is 114 cm³/mol. The third-order valence-corrected chi connectivity index (χ3v) is 6.38. The Morgan fingerprint density at radius 1 is 1.14 bits per heavy atom. The number of amides is 1. The smallest absolute Gasteiger partial charge is 0.226 e. The Balaban J connectivity index is 1.32. The summed E-state index contributed by atoms with van der Waals surface area (Å²) in [5.74, 6) is 0.00310. The minimum Gasteiger partial charge on any atom is -0.379 e. The molecule has 0 saturated carbocycles. The van der Waals surface area contributed by atoms with Crippen molar-refractivity contribution >= 4 is 28.6 Å². The van der Waals surface area contributed by atoms with Gasteiger partial charge in [0.1, 0.15) is 5.01 Å². The average Bonchev–Trinajstić information content (AvgIpc) is 3.40. The number of nitrogens with one attached hydrogen (secondary N) is 1. The van der Waals surface area contributed by atoms with E-state index >= 15 is 0 Å². The number of nitrogens with zero attached hydrogens (tertiary/aromatic N) is 2. The van der Waals surface area contributed by atoms with Gasteiger partial charge in [-0.05, 0) is 22.6 Å². The highest BCUT2D eigenvalue weighted by Gasteiger charge is 2.14. The SMILES string of the molecule is O=C(Cc1csc(-c2ccsc2)n1)NCc1ccccc1CN1CCOCC1. The van der Waals surface area contributed by atoms with Crippen molar-refractivity contribution in [3.05, 3.63) is 63.3 Å².